The molecule has 118 valence electrons. The number of anilines is 1. The Kier molecular flexibility index (Phi) is 4.29. The summed E-state index contributed by atoms with van der Waals surface area (Å²) in [4.78, 5) is 12.2. The summed E-state index contributed by atoms with van der Waals surface area (Å²) in [5.74, 6) is 1.61. The van der Waals surface area contributed by atoms with E-state index in [1.807, 2.05) is 13.1 Å². The van der Waals surface area contributed by atoms with Gasteiger partial charge in [0, 0.05) is 19.0 Å². The number of rotatable bonds is 4. The number of nitrogens with two attached hydrogens (primary N) is 1. The van der Waals surface area contributed by atoms with Crippen molar-refractivity contribution < 1.29 is 9.21 Å². The molecule has 1 saturated carbocycles. The first-order valence-electron chi connectivity index (χ1n) is 7.80. The Morgan fingerprint density at radius 1 is 1.41 bits per heavy atom. The molecular weight excluding hydrogens is 280 g/mol. The Bertz CT molecular complexity index is 653. The van der Waals surface area contributed by atoms with Gasteiger partial charge in [-0.2, -0.15) is 5.10 Å². The van der Waals surface area contributed by atoms with E-state index in [1.165, 1.54) is 38.4 Å². The Morgan fingerprint density at radius 2 is 2.18 bits per heavy atom. The van der Waals surface area contributed by atoms with Crippen molar-refractivity contribution in [1.29, 1.82) is 0 Å². The van der Waals surface area contributed by atoms with Crippen molar-refractivity contribution in [2.45, 2.75) is 44.6 Å². The number of carbonyl (C=O) groups excluding carboxylic acids is 1. The number of nitrogens with zero attached hydrogens (tertiary/aromatic N) is 2. The van der Waals surface area contributed by atoms with Gasteiger partial charge in [-0.15, -0.1) is 0 Å². The molecule has 1 aliphatic carbocycles. The molecule has 0 unspecified atom stereocenters. The Morgan fingerprint density at radius 3 is 2.86 bits per heavy atom. The third-order valence-corrected chi connectivity index (χ3v) is 4.28. The predicted molar refractivity (Wildman–Crippen MR) is 83.6 cm³/mol. The van der Waals surface area contributed by atoms with Gasteiger partial charge in [0.05, 0.1) is 17.8 Å². The number of hydrogen-bond donors (Lipinski definition) is 2. The van der Waals surface area contributed by atoms with Crippen LogP contribution in [0.5, 0.6) is 0 Å². The molecule has 3 rings (SSSR count). The van der Waals surface area contributed by atoms with Crippen molar-refractivity contribution >= 4 is 11.7 Å². The first-order valence-corrected chi connectivity index (χ1v) is 7.80. The first-order chi connectivity index (χ1) is 10.7. The zero-order chi connectivity index (χ0) is 15.5. The summed E-state index contributed by atoms with van der Waals surface area (Å²) in [5, 5.41) is 7.45. The molecule has 0 aromatic carbocycles. The van der Waals surface area contributed by atoms with Crippen LogP contribution >= 0.6 is 0 Å². The van der Waals surface area contributed by atoms with Crippen LogP contribution in [0.2, 0.25) is 0 Å². The number of aromatic nitrogens is 2. The first kappa shape index (κ1) is 14.8. The molecule has 0 aliphatic heterocycles. The van der Waals surface area contributed by atoms with E-state index in [0.717, 1.165) is 5.69 Å². The molecule has 2 heterocycles. The molecule has 0 spiro atoms. The highest BCUT2D eigenvalue weighted by Gasteiger charge is 2.20. The Labute approximate surface area is 129 Å². The van der Waals surface area contributed by atoms with Gasteiger partial charge in [-0.3, -0.25) is 9.48 Å². The molecule has 22 heavy (non-hydrogen) atoms. The molecule has 3 N–H and O–H groups in total. The van der Waals surface area contributed by atoms with Crippen molar-refractivity contribution in [3.8, 4) is 0 Å². The Hall–Kier alpha value is -2.08. The van der Waals surface area contributed by atoms with E-state index in [2.05, 4.69) is 10.4 Å². The van der Waals surface area contributed by atoms with Gasteiger partial charge in [-0.1, -0.05) is 19.3 Å². The summed E-state index contributed by atoms with van der Waals surface area (Å²) in [6.07, 6.45) is 7.64. The number of nitrogens with one attached hydrogen (secondary N) is 1. The van der Waals surface area contributed by atoms with Gasteiger partial charge in [-0.25, -0.2) is 0 Å². The molecule has 0 saturated heterocycles. The van der Waals surface area contributed by atoms with Crippen LogP contribution in [0.1, 0.15) is 59.8 Å². The molecule has 1 amide bonds. The highest BCUT2D eigenvalue weighted by Crippen LogP contribution is 2.32. The van der Waals surface area contributed by atoms with Gasteiger partial charge < -0.3 is 15.5 Å². The number of amides is 1. The van der Waals surface area contributed by atoms with Gasteiger partial charge in [0.1, 0.15) is 17.8 Å². The van der Waals surface area contributed by atoms with Crippen molar-refractivity contribution in [3.05, 3.63) is 35.4 Å². The van der Waals surface area contributed by atoms with Crippen LogP contribution in [0.3, 0.4) is 0 Å². The highest BCUT2D eigenvalue weighted by atomic mass is 16.3. The van der Waals surface area contributed by atoms with Crippen LogP contribution in [-0.2, 0) is 13.6 Å². The summed E-state index contributed by atoms with van der Waals surface area (Å²) >= 11 is 0. The third kappa shape index (κ3) is 3.06. The average Bonchev–Trinajstić information content (AvgIpc) is 3.15. The van der Waals surface area contributed by atoms with E-state index < -0.39 is 0 Å². The number of furan rings is 1. The summed E-state index contributed by atoms with van der Waals surface area (Å²) in [6, 6.07) is 3.64. The molecule has 0 bridgehead atoms. The molecule has 0 radical (unpaired) electrons. The van der Waals surface area contributed by atoms with Gasteiger partial charge in [-0.05, 0) is 18.9 Å². The SMILES string of the molecule is Cn1nc(C2CCCCC2)cc1NC(=O)c1coc(CN)c1. The fraction of sp³-hybridized carbons (Fsp3) is 0.500. The monoisotopic (exact) mass is 302 g/mol. The summed E-state index contributed by atoms with van der Waals surface area (Å²) in [5.41, 5.74) is 7.04. The number of hydrogen-bond acceptors (Lipinski definition) is 4. The van der Waals surface area contributed by atoms with E-state index in [-0.39, 0.29) is 12.5 Å². The van der Waals surface area contributed by atoms with Gasteiger partial charge in [0.25, 0.3) is 5.91 Å². The minimum absolute atomic E-state index is 0.207. The largest absolute Gasteiger partial charge is 0.467 e. The van der Waals surface area contributed by atoms with Crippen LogP contribution in [0.25, 0.3) is 0 Å². The van der Waals surface area contributed by atoms with Crippen molar-refractivity contribution in [1.82, 2.24) is 9.78 Å². The lowest BCUT2D eigenvalue weighted by atomic mass is 9.87. The maximum absolute atomic E-state index is 12.2. The van der Waals surface area contributed by atoms with Gasteiger partial charge >= 0.3 is 0 Å². The lowest BCUT2D eigenvalue weighted by Gasteiger charge is -2.19. The molecule has 1 fully saturated rings. The van der Waals surface area contributed by atoms with E-state index in [4.69, 9.17) is 10.2 Å². The summed E-state index contributed by atoms with van der Waals surface area (Å²) in [6.45, 7) is 0.283. The second kappa shape index (κ2) is 6.36. The topological polar surface area (TPSA) is 86.1 Å². The zero-order valence-corrected chi connectivity index (χ0v) is 12.8. The van der Waals surface area contributed by atoms with Crippen LogP contribution in [0.4, 0.5) is 5.82 Å². The lowest BCUT2D eigenvalue weighted by molar-refractivity contribution is 0.102. The van der Waals surface area contributed by atoms with Crippen LogP contribution in [0.15, 0.2) is 22.8 Å². The molecule has 6 nitrogen and oxygen atoms in total. The standard InChI is InChI=1S/C16H22N4O2/c1-20-15(8-14(19-20)11-5-3-2-4-6-11)18-16(21)12-7-13(9-17)22-10-12/h7-8,10-11H,2-6,9,17H2,1H3,(H,18,21). The smallest absolute Gasteiger partial charge is 0.260 e. The normalized spacial score (nSPS) is 15.9. The number of aryl methyl sites for hydroxylation is 1. The van der Waals surface area contributed by atoms with Gasteiger partial charge in [0.15, 0.2) is 0 Å². The van der Waals surface area contributed by atoms with E-state index >= 15 is 0 Å². The summed E-state index contributed by atoms with van der Waals surface area (Å²) in [7, 11) is 1.85. The van der Waals surface area contributed by atoms with Crippen molar-refractivity contribution in [2.24, 2.45) is 12.8 Å². The fourth-order valence-electron chi connectivity index (χ4n) is 3.00. The molecule has 0 atom stereocenters. The maximum atomic E-state index is 12.2. The van der Waals surface area contributed by atoms with E-state index in [0.29, 0.717) is 23.1 Å². The van der Waals surface area contributed by atoms with Gasteiger partial charge in [0.2, 0.25) is 0 Å². The average molecular weight is 302 g/mol. The predicted octanol–water partition coefficient (Wildman–Crippen LogP) is 2.77. The van der Waals surface area contributed by atoms with E-state index in [1.54, 1.807) is 10.7 Å². The van der Waals surface area contributed by atoms with Crippen LogP contribution < -0.4 is 11.1 Å². The molecule has 2 aromatic heterocycles. The fourth-order valence-corrected chi connectivity index (χ4v) is 3.00. The molecule has 1 aliphatic rings. The third-order valence-electron chi connectivity index (χ3n) is 4.28. The van der Waals surface area contributed by atoms with Crippen LogP contribution in [0, 0.1) is 0 Å². The van der Waals surface area contributed by atoms with Crippen molar-refractivity contribution in [2.75, 3.05) is 5.32 Å². The quantitative estimate of drug-likeness (QED) is 0.909. The number of carbonyl (C=O) groups is 1. The zero-order valence-electron chi connectivity index (χ0n) is 12.8. The highest BCUT2D eigenvalue weighted by molar-refractivity contribution is 6.03. The minimum Gasteiger partial charge on any atom is -0.467 e. The second-order valence-electron chi connectivity index (χ2n) is 5.87. The van der Waals surface area contributed by atoms with Crippen LogP contribution in [-0.4, -0.2) is 15.7 Å². The molecule has 6 heteroatoms. The van der Waals surface area contributed by atoms with Crippen molar-refractivity contribution in [3.63, 3.8) is 0 Å². The second-order valence-corrected chi connectivity index (χ2v) is 5.87. The maximum Gasteiger partial charge on any atom is 0.260 e. The molecule has 2 aromatic rings. The Balaban J connectivity index is 1.71. The minimum atomic E-state index is -0.207. The van der Waals surface area contributed by atoms with E-state index in [9.17, 15) is 4.79 Å². The lowest BCUT2D eigenvalue weighted by Crippen LogP contribution is -2.13. The summed E-state index contributed by atoms with van der Waals surface area (Å²) < 4.78 is 6.92. The molecular formula is C16H22N4O2.